The lowest BCUT2D eigenvalue weighted by molar-refractivity contribution is -0.0200. The molecule has 0 bridgehead atoms. The number of hydrogen-bond acceptors (Lipinski definition) is 8. The second-order valence-electron chi connectivity index (χ2n) is 5.84. The van der Waals surface area contributed by atoms with E-state index in [0.29, 0.717) is 85.9 Å². The standard InChI is InChI=1S/C19H39NO7/c1-4-6-21-8-10-23-12-14-25-16-18-27-19-17-26-15-13-24-11-9-22-7-5-20(2)3/h4H,1,5-19H2,2-3H3. The minimum atomic E-state index is 0.548. The Morgan fingerprint density at radius 3 is 1.11 bits per heavy atom. The molecule has 0 N–H and O–H groups in total. The number of ether oxygens (including phenoxy) is 7. The molecule has 27 heavy (non-hydrogen) atoms. The van der Waals surface area contributed by atoms with Gasteiger partial charge in [-0.25, -0.2) is 0 Å². The first kappa shape index (κ1) is 26.4. The molecule has 8 nitrogen and oxygen atoms in total. The Morgan fingerprint density at radius 2 is 0.815 bits per heavy atom. The third kappa shape index (κ3) is 25.4. The highest BCUT2D eigenvalue weighted by Gasteiger charge is 1.95. The number of likely N-dealkylation sites (N-methyl/N-ethyl adjacent to an activating group) is 1. The Balaban J connectivity index is 2.98. The fourth-order valence-corrected chi connectivity index (χ4v) is 1.73. The molecule has 0 saturated heterocycles. The number of nitrogens with zero attached hydrogens (tertiary/aromatic N) is 1. The molecule has 0 aromatic carbocycles. The van der Waals surface area contributed by atoms with Gasteiger partial charge in [0.05, 0.1) is 92.5 Å². The summed E-state index contributed by atoms with van der Waals surface area (Å²) in [5, 5.41) is 0. The molecule has 162 valence electrons. The quantitative estimate of drug-likeness (QED) is 0.187. The summed E-state index contributed by atoms with van der Waals surface area (Å²) in [5.41, 5.74) is 0. The summed E-state index contributed by atoms with van der Waals surface area (Å²) in [7, 11) is 4.04. The van der Waals surface area contributed by atoms with Crippen molar-refractivity contribution in [1.29, 1.82) is 0 Å². The maximum Gasteiger partial charge on any atom is 0.0704 e. The molecule has 0 spiro atoms. The van der Waals surface area contributed by atoms with Crippen LogP contribution in [0.2, 0.25) is 0 Å². The normalized spacial score (nSPS) is 11.4. The lowest BCUT2D eigenvalue weighted by Gasteiger charge is -2.10. The van der Waals surface area contributed by atoms with Crippen LogP contribution in [0.4, 0.5) is 0 Å². The predicted octanol–water partition coefficient (Wildman–Crippen LogP) is 0.850. The van der Waals surface area contributed by atoms with Crippen molar-refractivity contribution in [1.82, 2.24) is 4.90 Å². The Labute approximate surface area is 164 Å². The summed E-state index contributed by atoms with van der Waals surface area (Å²) in [6.45, 7) is 12.6. The first-order valence-corrected chi connectivity index (χ1v) is 9.57. The van der Waals surface area contributed by atoms with Crippen LogP contribution in [-0.4, -0.2) is 118 Å². The third-order valence-corrected chi connectivity index (χ3v) is 3.15. The van der Waals surface area contributed by atoms with Crippen LogP contribution >= 0.6 is 0 Å². The number of rotatable bonds is 23. The van der Waals surface area contributed by atoms with Crippen molar-refractivity contribution in [2.75, 3.05) is 113 Å². The maximum atomic E-state index is 5.42. The minimum Gasteiger partial charge on any atom is -0.378 e. The van der Waals surface area contributed by atoms with Gasteiger partial charge in [0.2, 0.25) is 0 Å². The van der Waals surface area contributed by atoms with Crippen LogP contribution in [0.5, 0.6) is 0 Å². The van der Waals surface area contributed by atoms with Crippen molar-refractivity contribution in [3.05, 3.63) is 12.7 Å². The average Bonchev–Trinajstić information content (AvgIpc) is 2.65. The first-order valence-electron chi connectivity index (χ1n) is 9.57. The Hall–Kier alpha value is -0.580. The zero-order chi connectivity index (χ0) is 19.8. The van der Waals surface area contributed by atoms with Gasteiger partial charge in [0, 0.05) is 6.54 Å². The lowest BCUT2D eigenvalue weighted by atomic mass is 10.6. The van der Waals surface area contributed by atoms with E-state index < -0.39 is 0 Å². The topological polar surface area (TPSA) is 67.9 Å². The maximum absolute atomic E-state index is 5.42. The highest BCUT2D eigenvalue weighted by Crippen LogP contribution is 1.85. The molecule has 0 atom stereocenters. The van der Waals surface area contributed by atoms with Crippen molar-refractivity contribution in [2.45, 2.75) is 0 Å². The van der Waals surface area contributed by atoms with E-state index in [4.69, 9.17) is 33.2 Å². The van der Waals surface area contributed by atoms with Crippen molar-refractivity contribution in [2.24, 2.45) is 0 Å². The van der Waals surface area contributed by atoms with E-state index in [9.17, 15) is 0 Å². The second kappa shape index (κ2) is 23.5. The monoisotopic (exact) mass is 393 g/mol. The summed E-state index contributed by atoms with van der Waals surface area (Å²) in [6, 6.07) is 0. The fraction of sp³-hybridized carbons (Fsp3) is 0.895. The largest absolute Gasteiger partial charge is 0.378 e. The zero-order valence-corrected chi connectivity index (χ0v) is 17.2. The summed E-state index contributed by atoms with van der Waals surface area (Å²) in [6.07, 6.45) is 1.72. The van der Waals surface area contributed by atoms with Crippen molar-refractivity contribution in [3.63, 3.8) is 0 Å². The molecule has 0 heterocycles. The van der Waals surface area contributed by atoms with Crippen LogP contribution in [0.25, 0.3) is 0 Å². The van der Waals surface area contributed by atoms with Gasteiger partial charge in [0.25, 0.3) is 0 Å². The van der Waals surface area contributed by atoms with Gasteiger partial charge in [-0.3, -0.25) is 0 Å². The molecule has 0 amide bonds. The molecule has 0 aliphatic rings. The van der Waals surface area contributed by atoms with E-state index in [1.165, 1.54) is 0 Å². The van der Waals surface area contributed by atoms with Gasteiger partial charge in [-0.15, -0.1) is 6.58 Å². The molecule has 0 fully saturated rings. The van der Waals surface area contributed by atoms with Gasteiger partial charge in [-0.05, 0) is 14.1 Å². The van der Waals surface area contributed by atoms with E-state index in [0.717, 1.165) is 13.2 Å². The Kier molecular flexibility index (Phi) is 23.0. The third-order valence-electron chi connectivity index (χ3n) is 3.15. The highest BCUT2D eigenvalue weighted by atomic mass is 16.6. The van der Waals surface area contributed by atoms with Crippen molar-refractivity contribution >= 4 is 0 Å². The van der Waals surface area contributed by atoms with E-state index in [-0.39, 0.29) is 0 Å². The van der Waals surface area contributed by atoms with Crippen LogP contribution in [0.15, 0.2) is 12.7 Å². The van der Waals surface area contributed by atoms with E-state index in [1.54, 1.807) is 6.08 Å². The van der Waals surface area contributed by atoms with Crippen LogP contribution < -0.4 is 0 Å². The van der Waals surface area contributed by atoms with E-state index in [2.05, 4.69) is 11.5 Å². The highest BCUT2D eigenvalue weighted by molar-refractivity contribution is 4.63. The van der Waals surface area contributed by atoms with Crippen LogP contribution in [0.3, 0.4) is 0 Å². The molecular formula is C19H39NO7. The molecule has 0 saturated carbocycles. The molecule has 0 aliphatic carbocycles. The van der Waals surface area contributed by atoms with Crippen LogP contribution in [0, 0.1) is 0 Å². The molecule has 0 aromatic rings. The predicted molar refractivity (Wildman–Crippen MR) is 104 cm³/mol. The minimum absolute atomic E-state index is 0.548. The molecule has 0 aromatic heterocycles. The summed E-state index contributed by atoms with van der Waals surface area (Å²) in [5.74, 6) is 0. The summed E-state index contributed by atoms with van der Waals surface area (Å²) < 4.78 is 37.6. The Bertz CT molecular complexity index is 293. The van der Waals surface area contributed by atoms with Crippen molar-refractivity contribution in [3.8, 4) is 0 Å². The van der Waals surface area contributed by atoms with Crippen molar-refractivity contribution < 1.29 is 33.2 Å². The van der Waals surface area contributed by atoms with Gasteiger partial charge >= 0.3 is 0 Å². The second-order valence-corrected chi connectivity index (χ2v) is 5.84. The molecule has 8 heteroatoms. The molecule has 0 radical (unpaired) electrons. The molecular weight excluding hydrogens is 354 g/mol. The number of hydrogen-bond donors (Lipinski definition) is 0. The van der Waals surface area contributed by atoms with Crippen LogP contribution in [0.1, 0.15) is 0 Å². The average molecular weight is 394 g/mol. The molecule has 0 rings (SSSR count). The SMILES string of the molecule is C=CCOCCOCCOCCOCCOCCOCCOCCN(C)C. The fourth-order valence-electron chi connectivity index (χ4n) is 1.73. The van der Waals surface area contributed by atoms with E-state index in [1.807, 2.05) is 14.1 Å². The summed E-state index contributed by atoms with van der Waals surface area (Å²) >= 11 is 0. The first-order chi connectivity index (χ1) is 13.3. The molecule has 0 aliphatic heterocycles. The van der Waals surface area contributed by atoms with Gasteiger partial charge in [0.15, 0.2) is 0 Å². The Morgan fingerprint density at radius 1 is 0.519 bits per heavy atom. The summed E-state index contributed by atoms with van der Waals surface area (Å²) in [4.78, 5) is 2.08. The van der Waals surface area contributed by atoms with E-state index >= 15 is 0 Å². The lowest BCUT2D eigenvalue weighted by Crippen LogP contribution is -2.19. The van der Waals surface area contributed by atoms with Crippen LogP contribution in [-0.2, 0) is 33.2 Å². The van der Waals surface area contributed by atoms with Gasteiger partial charge < -0.3 is 38.1 Å². The smallest absolute Gasteiger partial charge is 0.0704 e. The molecule has 0 unspecified atom stereocenters. The van der Waals surface area contributed by atoms with Gasteiger partial charge in [-0.2, -0.15) is 0 Å². The van der Waals surface area contributed by atoms with Gasteiger partial charge in [-0.1, -0.05) is 6.08 Å². The zero-order valence-electron chi connectivity index (χ0n) is 17.2. The van der Waals surface area contributed by atoms with Gasteiger partial charge in [0.1, 0.15) is 0 Å².